The number of fused-ring (bicyclic) bond motifs is 3. The summed E-state index contributed by atoms with van der Waals surface area (Å²) in [7, 11) is 0. The molecule has 1 amide bonds. The number of amides is 1. The molecule has 2 atom stereocenters. The average Bonchev–Trinajstić information content (AvgIpc) is 3.30. The lowest BCUT2D eigenvalue weighted by Crippen LogP contribution is -2.46. The first-order chi connectivity index (χ1) is 14.5. The van der Waals surface area contributed by atoms with Gasteiger partial charge >= 0.3 is 0 Å². The summed E-state index contributed by atoms with van der Waals surface area (Å²) >= 11 is 1.86. The van der Waals surface area contributed by atoms with Crippen molar-refractivity contribution in [2.24, 2.45) is 17.6 Å². The molecule has 2 aromatic rings. The number of carbonyl (C=O) groups is 1. The fourth-order valence-electron chi connectivity index (χ4n) is 5.35. The van der Waals surface area contributed by atoms with E-state index >= 15 is 0 Å². The lowest BCUT2D eigenvalue weighted by Gasteiger charge is -2.38. The van der Waals surface area contributed by atoms with Gasteiger partial charge in [0.25, 0.3) is 0 Å². The number of aryl methyl sites for hydroxylation is 2. The van der Waals surface area contributed by atoms with Crippen molar-refractivity contribution in [3.63, 3.8) is 0 Å². The van der Waals surface area contributed by atoms with Crippen molar-refractivity contribution in [3.8, 4) is 0 Å². The minimum absolute atomic E-state index is 0.0927. The van der Waals surface area contributed by atoms with Crippen LogP contribution >= 0.6 is 11.3 Å². The molecule has 2 saturated heterocycles. The minimum atomic E-state index is -0.185. The molecule has 0 radical (unpaired) electrons. The highest BCUT2D eigenvalue weighted by atomic mass is 32.1. The molecule has 2 N–H and O–H groups in total. The van der Waals surface area contributed by atoms with E-state index in [-0.39, 0.29) is 11.8 Å². The summed E-state index contributed by atoms with van der Waals surface area (Å²) in [4.78, 5) is 29.6. The molecule has 4 heterocycles. The second-order valence-electron chi connectivity index (χ2n) is 9.64. The molecule has 0 unspecified atom stereocenters. The maximum absolute atomic E-state index is 12.0. The topological polar surface area (TPSA) is 75.3 Å². The zero-order valence-corrected chi connectivity index (χ0v) is 19.0. The van der Waals surface area contributed by atoms with Crippen molar-refractivity contribution >= 4 is 33.3 Å². The van der Waals surface area contributed by atoms with Gasteiger partial charge in [0, 0.05) is 17.5 Å². The molecule has 162 valence electrons. The Hall–Kier alpha value is -1.73. The number of hydrogen-bond donors (Lipinski definition) is 1. The monoisotopic (exact) mass is 427 g/mol. The number of anilines is 1. The molecule has 5 rings (SSSR count). The summed E-state index contributed by atoms with van der Waals surface area (Å²) in [6.07, 6.45) is 7.87. The van der Waals surface area contributed by atoms with Crippen LogP contribution in [0.25, 0.3) is 10.2 Å². The van der Waals surface area contributed by atoms with E-state index in [1.54, 1.807) is 0 Å². The Morgan fingerprint density at radius 2 is 1.93 bits per heavy atom. The predicted octanol–water partition coefficient (Wildman–Crippen LogP) is 3.50. The van der Waals surface area contributed by atoms with Gasteiger partial charge in [0.1, 0.15) is 16.5 Å². The van der Waals surface area contributed by atoms with Crippen LogP contribution in [0, 0.1) is 11.8 Å². The van der Waals surface area contributed by atoms with E-state index in [9.17, 15) is 4.79 Å². The highest BCUT2D eigenvalue weighted by Gasteiger charge is 2.33. The molecule has 3 aliphatic rings. The van der Waals surface area contributed by atoms with Gasteiger partial charge in [-0.05, 0) is 76.4 Å². The lowest BCUT2D eigenvalue weighted by atomic mass is 9.92. The number of likely N-dealkylation sites (tertiary alicyclic amines) is 1. The van der Waals surface area contributed by atoms with Crippen molar-refractivity contribution in [2.75, 3.05) is 24.5 Å². The average molecular weight is 428 g/mol. The van der Waals surface area contributed by atoms with E-state index in [1.165, 1.54) is 35.1 Å². The number of nitrogens with two attached hydrogens (primary N) is 1. The van der Waals surface area contributed by atoms with Gasteiger partial charge in [-0.25, -0.2) is 9.97 Å². The number of primary amides is 1. The van der Waals surface area contributed by atoms with Gasteiger partial charge in [-0.15, -0.1) is 11.3 Å². The number of rotatable bonds is 4. The highest BCUT2D eigenvalue weighted by molar-refractivity contribution is 7.19. The molecule has 6 nitrogen and oxygen atoms in total. The molecule has 7 heteroatoms. The Morgan fingerprint density at radius 3 is 2.70 bits per heavy atom. The van der Waals surface area contributed by atoms with Gasteiger partial charge in [0.2, 0.25) is 5.91 Å². The molecule has 0 bridgehead atoms. The SMILES string of the molecule is CC1CCN(Cc2nc(N3C[C@H](C(N)=O)CC[C@@H]3C)c3c4c(sc3n2)CCC4)CC1. The molecule has 0 aromatic carbocycles. The summed E-state index contributed by atoms with van der Waals surface area (Å²) in [5.41, 5.74) is 7.15. The quantitative estimate of drug-likeness (QED) is 0.808. The standard InChI is InChI=1S/C23H33N5OS/c1-14-8-10-27(11-9-14)13-19-25-22(28-12-16(21(24)29)7-6-15(28)2)20-17-4-3-5-18(17)30-23(20)26-19/h14-16H,3-13H2,1-2H3,(H2,24,29)/t15-,16+/m0/s1. The molecule has 2 aliphatic heterocycles. The van der Waals surface area contributed by atoms with Crippen LogP contribution in [0.15, 0.2) is 0 Å². The molecule has 30 heavy (non-hydrogen) atoms. The van der Waals surface area contributed by atoms with E-state index in [2.05, 4.69) is 23.6 Å². The predicted molar refractivity (Wildman–Crippen MR) is 122 cm³/mol. The Balaban J connectivity index is 1.53. The highest BCUT2D eigenvalue weighted by Crippen LogP contribution is 2.42. The van der Waals surface area contributed by atoms with Gasteiger partial charge in [0.05, 0.1) is 17.8 Å². The first-order valence-electron chi connectivity index (χ1n) is 11.6. The van der Waals surface area contributed by atoms with Gasteiger partial charge in [-0.1, -0.05) is 6.92 Å². The summed E-state index contributed by atoms with van der Waals surface area (Å²) < 4.78 is 0. The second-order valence-corrected chi connectivity index (χ2v) is 10.7. The zero-order chi connectivity index (χ0) is 20.8. The van der Waals surface area contributed by atoms with Gasteiger partial charge in [0.15, 0.2) is 0 Å². The van der Waals surface area contributed by atoms with Crippen molar-refractivity contribution in [2.45, 2.75) is 71.4 Å². The molecule has 2 aromatic heterocycles. The largest absolute Gasteiger partial charge is 0.369 e. The normalized spacial score (nSPS) is 25.7. The van der Waals surface area contributed by atoms with E-state index in [4.69, 9.17) is 15.7 Å². The summed E-state index contributed by atoms with van der Waals surface area (Å²) in [5.74, 6) is 2.53. The fraction of sp³-hybridized carbons (Fsp3) is 0.696. The van der Waals surface area contributed by atoms with Crippen LogP contribution in [0.3, 0.4) is 0 Å². The van der Waals surface area contributed by atoms with Crippen LogP contribution in [0.1, 0.15) is 62.2 Å². The van der Waals surface area contributed by atoms with E-state index in [0.717, 1.165) is 67.7 Å². The molecule has 0 saturated carbocycles. The van der Waals surface area contributed by atoms with E-state index < -0.39 is 0 Å². The minimum Gasteiger partial charge on any atom is -0.369 e. The third kappa shape index (κ3) is 3.71. The molecular formula is C23H33N5OS. The first-order valence-corrected chi connectivity index (χ1v) is 12.4. The van der Waals surface area contributed by atoms with Crippen molar-refractivity contribution in [3.05, 3.63) is 16.3 Å². The number of aromatic nitrogens is 2. The Kier molecular flexibility index (Phi) is 5.44. The number of carbonyl (C=O) groups excluding carboxylic acids is 1. The summed E-state index contributed by atoms with van der Waals surface area (Å²) in [6.45, 7) is 8.35. The second kappa shape index (κ2) is 8.08. The van der Waals surface area contributed by atoms with Crippen LogP contribution < -0.4 is 10.6 Å². The van der Waals surface area contributed by atoms with Gasteiger partial charge in [-0.3, -0.25) is 9.69 Å². The van der Waals surface area contributed by atoms with Crippen molar-refractivity contribution < 1.29 is 4.79 Å². The van der Waals surface area contributed by atoms with Crippen LogP contribution in [0.2, 0.25) is 0 Å². The number of nitrogens with zero attached hydrogens (tertiary/aromatic N) is 4. The third-order valence-corrected chi connectivity index (χ3v) is 8.58. The Bertz CT molecular complexity index is 949. The van der Waals surface area contributed by atoms with E-state index in [1.807, 2.05) is 11.3 Å². The molecule has 2 fully saturated rings. The molecular weight excluding hydrogens is 394 g/mol. The Morgan fingerprint density at radius 1 is 1.13 bits per heavy atom. The zero-order valence-electron chi connectivity index (χ0n) is 18.2. The maximum Gasteiger partial charge on any atom is 0.222 e. The number of piperidine rings is 2. The van der Waals surface area contributed by atoms with Crippen LogP contribution in [0.4, 0.5) is 5.82 Å². The van der Waals surface area contributed by atoms with Gasteiger partial charge < -0.3 is 10.6 Å². The Labute approximate surface area is 182 Å². The number of thiophene rings is 1. The third-order valence-electron chi connectivity index (χ3n) is 7.39. The summed E-state index contributed by atoms with van der Waals surface area (Å²) in [5, 5.41) is 1.25. The molecule has 1 aliphatic carbocycles. The van der Waals surface area contributed by atoms with E-state index in [0.29, 0.717) is 12.6 Å². The number of hydrogen-bond acceptors (Lipinski definition) is 6. The van der Waals surface area contributed by atoms with Gasteiger partial charge in [-0.2, -0.15) is 0 Å². The van der Waals surface area contributed by atoms with Crippen molar-refractivity contribution in [1.82, 2.24) is 14.9 Å². The fourth-order valence-corrected chi connectivity index (χ4v) is 6.63. The first kappa shape index (κ1) is 20.2. The van der Waals surface area contributed by atoms with Crippen LogP contribution in [0.5, 0.6) is 0 Å². The summed E-state index contributed by atoms with van der Waals surface area (Å²) in [6, 6.07) is 0.360. The maximum atomic E-state index is 12.0. The van der Waals surface area contributed by atoms with Crippen molar-refractivity contribution in [1.29, 1.82) is 0 Å². The van der Waals surface area contributed by atoms with Crippen LogP contribution in [-0.2, 0) is 24.2 Å². The smallest absolute Gasteiger partial charge is 0.222 e. The molecule has 0 spiro atoms. The van der Waals surface area contributed by atoms with Crippen LogP contribution in [-0.4, -0.2) is 46.5 Å². The lowest BCUT2D eigenvalue weighted by molar-refractivity contribution is -0.122.